The predicted molar refractivity (Wildman–Crippen MR) is 62.7 cm³/mol. The highest BCUT2D eigenvalue weighted by atomic mass is 16.5. The number of morpholine rings is 1. The number of aliphatic hydroxyl groups is 1. The summed E-state index contributed by atoms with van der Waals surface area (Å²) in [4.78, 5) is 16.0. The fourth-order valence-electron chi connectivity index (χ4n) is 2.24. The lowest BCUT2D eigenvalue weighted by atomic mass is 10.2. The Labute approximate surface area is 102 Å². The molecule has 6 nitrogen and oxygen atoms in total. The number of rotatable bonds is 4. The molecule has 17 heavy (non-hydrogen) atoms. The number of hydrogen-bond donors (Lipinski definition) is 2. The minimum Gasteiger partial charge on any atom is -0.394 e. The first-order chi connectivity index (χ1) is 8.31. The molecule has 0 radical (unpaired) electrons. The van der Waals surface area contributed by atoms with E-state index < -0.39 is 6.04 Å². The molecule has 0 saturated carbocycles. The van der Waals surface area contributed by atoms with Crippen LogP contribution in [0.5, 0.6) is 0 Å². The van der Waals surface area contributed by atoms with Crippen LogP contribution in [0.2, 0.25) is 0 Å². The van der Waals surface area contributed by atoms with E-state index in [1.807, 2.05) is 4.90 Å². The van der Waals surface area contributed by atoms with E-state index in [1.165, 1.54) is 0 Å². The molecule has 1 amide bonds. The number of nitrogens with one attached hydrogen (secondary N) is 1. The van der Waals surface area contributed by atoms with Crippen LogP contribution in [0, 0.1) is 0 Å². The number of ether oxygens (including phenoxy) is 1. The third-order valence-electron chi connectivity index (χ3n) is 3.35. The van der Waals surface area contributed by atoms with Crippen molar-refractivity contribution >= 4 is 5.91 Å². The Morgan fingerprint density at radius 3 is 2.76 bits per heavy atom. The standard InChI is InChI=1S/C11H21N3O3/c15-9-10-11(16)14(2-1-12-10)4-3-13-5-7-17-8-6-13/h10,12,15H,1-9H2. The molecule has 2 N–H and O–H groups in total. The highest BCUT2D eigenvalue weighted by Gasteiger charge is 2.27. The zero-order valence-corrected chi connectivity index (χ0v) is 10.1. The highest BCUT2D eigenvalue weighted by Crippen LogP contribution is 2.03. The fraction of sp³-hybridized carbons (Fsp3) is 0.909. The maximum Gasteiger partial charge on any atom is 0.242 e. The number of aliphatic hydroxyl groups excluding tert-OH is 1. The number of amides is 1. The second-order valence-corrected chi connectivity index (χ2v) is 4.47. The van der Waals surface area contributed by atoms with E-state index >= 15 is 0 Å². The largest absolute Gasteiger partial charge is 0.394 e. The van der Waals surface area contributed by atoms with Gasteiger partial charge in [0.15, 0.2) is 0 Å². The molecule has 1 unspecified atom stereocenters. The van der Waals surface area contributed by atoms with Gasteiger partial charge in [-0.25, -0.2) is 0 Å². The van der Waals surface area contributed by atoms with Crippen molar-refractivity contribution in [3.8, 4) is 0 Å². The molecule has 2 aliphatic heterocycles. The molecule has 98 valence electrons. The number of piperazine rings is 1. The molecule has 0 aromatic rings. The SMILES string of the molecule is O=C1C(CO)NCCN1CCN1CCOCC1. The second-order valence-electron chi connectivity index (χ2n) is 4.47. The summed E-state index contributed by atoms with van der Waals surface area (Å²) in [7, 11) is 0. The Balaban J connectivity index is 1.75. The number of carbonyl (C=O) groups excluding carboxylic acids is 1. The Kier molecular flexibility index (Phi) is 4.73. The molecule has 1 atom stereocenters. The summed E-state index contributed by atoms with van der Waals surface area (Å²) in [5.41, 5.74) is 0. The van der Waals surface area contributed by atoms with E-state index in [-0.39, 0.29) is 12.5 Å². The Bertz CT molecular complexity index is 256. The van der Waals surface area contributed by atoms with Gasteiger partial charge in [0.25, 0.3) is 0 Å². The van der Waals surface area contributed by atoms with Crippen LogP contribution in [0.3, 0.4) is 0 Å². The number of nitrogens with zero attached hydrogens (tertiary/aromatic N) is 2. The molecule has 0 spiro atoms. The third-order valence-corrected chi connectivity index (χ3v) is 3.35. The van der Waals surface area contributed by atoms with E-state index in [0.717, 1.165) is 52.5 Å². The number of hydrogen-bond acceptors (Lipinski definition) is 5. The van der Waals surface area contributed by atoms with E-state index in [0.29, 0.717) is 0 Å². The number of carbonyl (C=O) groups is 1. The normalized spacial score (nSPS) is 27.5. The van der Waals surface area contributed by atoms with Gasteiger partial charge in [0.05, 0.1) is 19.8 Å². The lowest BCUT2D eigenvalue weighted by Gasteiger charge is -2.34. The van der Waals surface area contributed by atoms with E-state index in [2.05, 4.69) is 10.2 Å². The van der Waals surface area contributed by atoms with Gasteiger partial charge in [-0.05, 0) is 0 Å². The molecule has 2 heterocycles. The maximum atomic E-state index is 11.9. The maximum absolute atomic E-state index is 11.9. The zero-order valence-electron chi connectivity index (χ0n) is 10.1. The average Bonchev–Trinajstić information content (AvgIpc) is 2.39. The minimum atomic E-state index is -0.409. The van der Waals surface area contributed by atoms with Gasteiger partial charge >= 0.3 is 0 Å². The van der Waals surface area contributed by atoms with Crippen molar-refractivity contribution in [3.63, 3.8) is 0 Å². The third kappa shape index (κ3) is 3.38. The second kappa shape index (κ2) is 6.30. The van der Waals surface area contributed by atoms with Crippen molar-refractivity contribution in [1.82, 2.24) is 15.1 Å². The van der Waals surface area contributed by atoms with E-state index in [4.69, 9.17) is 9.84 Å². The molecule has 2 fully saturated rings. The van der Waals surface area contributed by atoms with Gasteiger partial charge in [0.1, 0.15) is 6.04 Å². The van der Waals surface area contributed by atoms with Crippen molar-refractivity contribution < 1.29 is 14.6 Å². The smallest absolute Gasteiger partial charge is 0.242 e. The summed E-state index contributed by atoms with van der Waals surface area (Å²) in [6.07, 6.45) is 0. The van der Waals surface area contributed by atoms with Crippen LogP contribution in [0.4, 0.5) is 0 Å². The van der Waals surface area contributed by atoms with Gasteiger partial charge in [-0.2, -0.15) is 0 Å². The molecule has 0 bridgehead atoms. The lowest BCUT2D eigenvalue weighted by molar-refractivity contribution is -0.137. The summed E-state index contributed by atoms with van der Waals surface area (Å²) >= 11 is 0. The zero-order chi connectivity index (χ0) is 12.1. The average molecular weight is 243 g/mol. The molecule has 0 aliphatic carbocycles. The Morgan fingerprint density at radius 2 is 2.06 bits per heavy atom. The van der Waals surface area contributed by atoms with Gasteiger partial charge in [-0.3, -0.25) is 9.69 Å². The molecular formula is C11H21N3O3. The molecular weight excluding hydrogens is 222 g/mol. The van der Waals surface area contributed by atoms with Crippen LogP contribution in [0.1, 0.15) is 0 Å². The summed E-state index contributed by atoms with van der Waals surface area (Å²) < 4.78 is 5.28. The van der Waals surface area contributed by atoms with Gasteiger partial charge in [-0.1, -0.05) is 0 Å². The van der Waals surface area contributed by atoms with Crippen LogP contribution in [-0.4, -0.2) is 85.9 Å². The summed E-state index contributed by atoms with van der Waals surface area (Å²) in [5, 5.41) is 12.1. The monoisotopic (exact) mass is 243 g/mol. The molecule has 2 saturated heterocycles. The highest BCUT2D eigenvalue weighted by molar-refractivity contribution is 5.82. The fourth-order valence-corrected chi connectivity index (χ4v) is 2.24. The van der Waals surface area contributed by atoms with E-state index in [1.54, 1.807) is 0 Å². The van der Waals surface area contributed by atoms with Crippen LogP contribution in [0.15, 0.2) is 0 Å². The van der Waals surface area contributed by atoms with Crippen molar-refractivity contribution in [2.24, 2.45) is 0 Å². The minimum absolute atomic E-state index is 0.0204. The van der Waals surface area contributed by atoms with Gasteiger partial charge in [-0.15, -0.1) is 0 Å². The van der Waals surface area contributed by atoms with Crippen LogP contribution < -0.4 is 5.32 Å². The first kappa shape index (κ1) is 12.8. The van der Waals surface area contributed by atoms with Gasteiger partial charge in [0.2, 0.25) is 5.91 Å². The van der Waals surface area contributed by atoms with Crippen LogP contribution in [0.25, 0.3) is 0 Å². The Hall–Kier alpha value is -0.690. The van der Waals surface area contributed by atoms with Gasteiger partial charge < -0.3 is 20.1 Å². The van der Waals surface area contributed by atoms with Crippen molar-refractivity contribution in [2.75, 3.05) is 59.1 Å². The quantitative estimate of drug-likeness (QED) is 0.604. The Morgan fingerprint density at radius 1 is 1.29 bits per heavy atom. The summed E-state index contributed by atoms with van der Waals surface area (Å²) in [5.74, 6) is 0.0204. The molecule has 2 rings (SSSR count). The molecule has 6 heteroatoms. The van der Waals surface area contributed by atoms with Gasteiger partial charge in [0, 0.05) is 39.3 Å². The first-order valence-electron chi connectivity index (χ1n) is 6.24. The van der Waals surface area contributed by atoms with Crippen molar-refractivity contribution in [3.05, 3.63) is 0 Å². The van der Waals surface area contributed by atoms with Crippen molar-refractivity contribution in [2.45, 2.75) is 6.04 Å². The summed E-state index contributed by atoms with van der Waals surface area (Å²) in [6, 6.07) is -0.409. The first-order valence-corrected chi connectivity index (χ1v) is 6.24. The predicted octanol–water partition coefficient (Wildman–Crippen LogP) is -1.89. The molecule has 2 aliphatic rings. The van der Waals surface area contributed by atoms with E-state index in [9.17, 15) is 4.79 Å². The molecule has 0 aromatic heterocycles. The van der Waals surface area contributed by atoms with Crippen LogP contribution >= 0.6 is 0 Å². The summed E-state index contributed by atoms with van der Waals surface area (Å²) in [6.45, 7) is 6.49. The lowest BCUT2D eigenvalue weighted by Crippen LogP contribution is -2.57. The topological polar surface area (TPSA) is 65.0 Å². The molecule has 0 aromatic carbocycles. The van der Waals surface area contributed by atoms with Crippen LogP contribution in [-0.2, 0) is 9.53 Å². The van der Waals surface area contributed by atoms with Crippen molar-refractivity contribution in [1.29, 1.82) is 0 Å².